The van der Waals surface area contributed by atoms with Crippen molar-refractivity contribution in [3.05, 3.63) is 22.8 Å². The number of carbonyl (C=O) groups is 2. The van der Waals surface area contributed by atoms with Crippen molar-refractivity contribution in [2.24, 2.45) is 17.8 Å². The molecule has 38 heavy (non-hydrogen) atoms. The first-order valence-corrected chi connectivity index (χ1v) is 13.7. The zero-order valence-corrected chi connectivity index (χ0v) is 21.9. The van der Waals surface area contributed by atoms with Crippen molar-refractivity contribution < 1.29 is 33.0 Å². The molecule has 3 N–H and O–H groups in total. The maximum Gasteiger partial charge on any atom is 0.490 e. The molecular formula is C25H32F3N5O4S. The molecule has 2 aromatic rings. The van der Waals surface area contributed by atoms with Gasteiger partial charge in [-0.05, 0) is 43.9 Å². The van der Waals surface area contributed by atoms with Gasteiger partial charge in [0.1, 0.15) is 5.82 Å². The first-order valence-electron chi connectivity index (χ1n) is 12.9. The second-order valence-corrected chi connectivity index (χ2v) is 11.4. The molecule has 1 aliphatic heterocycles. The van der Waals surface area contributed by atoms with Gasteiger partial charge in [0, 0.05) is 35.9 Å². The number of piperidine rings is 1. The van der Waals surface area contributed by atoms with Crippen LogP contribution in [0.2, 0.25) is 0 Å². The van der Waals surface area contributed by atoms with Crippen molar-refractivity contribution in [3.63, 3.8) is 0 Å². The summed E-state index contributed by atoms with van der Waals surface area (Å²) in [5.74, 6) is -0.749. The highest BCUT2D eigenvalue weighted by Crippen LogP contribution is 2.44. The van der Waals surface area contributed by atoms with E-state index in [1.165, 1.54) is 49.8 Å². The molecule has 0 spiro atoms. The van der Waals surface area contributed by atoms with Crippen LogP contribution in [-0.4, -0.2) is 56.4 Å². The number of aromatic nitrogens is 3. The van der Waals surface area contributed by atoms with E-state index >= 15 is 0 Å². The van der Waals surface area contributed by atoms with Crippen molar-refractivity contribution in [3.8, 4) is 0 Å². The fourth-order valence-electron chi connectivity index (χ4n) is 5.20. The number of carboxylic acid groups (broad SMARTS) is 2. The highest BCUT2D eigenvalue weighted by Gasteiger charge is 2.38. The van der Waals surface area contributed by atoms with Crippen molar-refractivity contribution in [1.82, 2.24) is 15.0 Å². The molecule has 0 unspecified atom stereocenters. The van der Waals surface area contributed by atoms with Crippen molar-refractivity contribution in [1.29, 1.82) is 0 Å². The van der Waals surface area contributed by atoms with Crippen LogP contribution in [0.4, 0.5) is 30.1 Å². The summed E-state index contributed by atoms with van der Waals surface area (Å²) in [6.45, 7) is 3.29. The molecule has 0 bridgehead atoms. The SMILES string of the molecule is Cc1cc(Nc2ncc(C3CC3)s2)nc(N2C[C@@H](C(=O)O)C[C@@H](C3CCCCC3)C2)n1.O=C(O)C(F)(F)F. The van der Waals surface area contributed by atoms with E-state index in [1.807, 2.05) is 19.2 Å². The van der Waals surface area contributed by atoms with E-state index in [2.05, 4.69) is 20.2 Å². The van der Waals surface area contributed by atoms with Crippen LogP contribution in [0.5, 0.6) is 0 Å². The monoisotopic (exact) mass is 555 g/mol. The van der Waals surface area contributed by atoms with Gasteiger partial charge in [0.05, 0.1) is 5.92 Å². The number of aryl methyl sites for hydroxylation is 1. The number of hydrogen-bond donors (Lipinski definition) is 3. The van der Waals surface area contributed by atoms with Gasteiger partial charge < -0.3 is 20.4 Å². The van der Waals surface area contributed by atoms with Gasteiger partial charge in [0.25, 0.3) is 0 Å². The summed E-state index contributed by atoms with van der Waals surface area (Å²) in [5.41, 5.74) is 0.873. The van der Waals surface area contributed by atoms with Gasteiger partial charge in [0.15, 0.2) is 5.13 Å². The molecule has 0 aromatic carbocycles. The van der Waals surface area contributed by atoms with Crippen LogP contribution in [-0.2, 0) is 9.59 Å². The van der Waals surface area contributed by atoms with Crippen LogP contribution in [0, 0.1) is 24.7 Å². The molecule has 2 saturated carbocycles. The number of nitrogens with one attached hydrogen (secondary N) is 1. The lowest BCUT2D eigenvalue weighted by molar-refractivity contribution is -0.192. The molecule has 2 aromatic heterocycles. The van der Waals surface area contributed by atoms with E-state index in [1.54, 1.807) is 11.3 Å². The zero-order chi connectivity index (χ0) is 27.4. The number of aliphatic carboxylic acids is 2. The molecule has 0 radical (unpaired) electrons. The van der Waals surface area contributed by atoms with Crippen LogP contribution >= 0.6 is 11.3 Å². The third kappa shape index (κ3) is 7.55. The number of alkyl halides is 3. The molecular weight excluding hydrogens is 523 g/mol. The summed E-state index contributed by atoms with van der Waals surface area (Å²) < 4.78 is 31.7. The summed E-state index contributed by atoms with van der Waals surface area (Å²) in [6, 6.07) is 1.93. The molecule has 9 nitrogen and oxygen atoms in total. The summed E-state index contributed by atoms with van der Waals surface area (Å²) >= 11 is 1.70. The summed E-state index contributed by atoms with van der Waals surface area (Å²) in [6.07, 6.45) is 6.48. The van der Waals surface area contributed by atoms with Gasteiger partial charge in [-0.2, -0.15) is 18.2 Å². The Bertz CT molecular complexity index is 1130. The van der Waals surface area contributed by atoms with Crippen LogP contribution in [0.15, 0.2) is 12.3 Å². The third-order valence-corrected chi connectivity index (χ3v) is 8.33. The average molecular weight is 556 g/mol. The largest absolute Gasteiger partial charge is 0.490 e. The van der Waals surface area contributed by atoms with Gasteiger partial charge >= 0.3 is 18.1 Å². The van der Waals surface area contributed by atoms with E-state index in [9.17, 15) is 23.1 Å². The number of carboxylic acids is 2. The van der Waals surface area contributed by atoms with Crippen molar-refractivity contribution >= 4 is 40.2 Å². The van der Waals surface area contributed by atoms with Gasteiger partial charge in [-0.3, -0.25) is 4.79 Å². The number of rotatable bonds is 6. The molecule has 3 heterocycles. The van der Waals surface area contributed by atoms with Crippen LogP contribution < -0.4 is 10.2 Å². The Morgan fingerprint density at radius 3 is 2.34 bits per heavy atom. The predicted octanol–water partition coefficient (Wildman–Crippen LogP) is 5.60. The minimum absolute atomic E-state index is 0.360. The van der Waals surface area contributed by atoms with Crippen molar-refractivity contribution in [2.45, 2.75) is 70.4 Å². The summed E-state index contributed by atoms with van der Waals surface area (Å²) in [7, 11) is 0. The zero-order valence-electron chi connectivity index (χ0n) is 21.1. The molecule has 3 fully saturated rings. The van der Waals surface area contributed by atoms with E-state index < -0.39 is 18.1 Å². The topological polar surface area (TPSA) is 129 Å². The molecule has 2 aliphatic carbocycles. The molecule has 0 amide bonds. The van der Waals surface area contributed by atoms with Crippen LogP contribution in [0.3, 0.4) is 0 Å². The first kappa shape index (κ1) is 28.1. The Labute approximate surface area is 222 Å². The Kier molecular flexibility index (Phi) is 8.74. The predicted molar refractivity (Wildman–Crippen MR) is 136 cm³/mol. The fraction of sp³-hybridized carbons (Fsp3) is 0.640. The Morgan fingerprint density at radius 2 is 1.74 bits per heavy atom. The van der Waals surface area contributed by atoms with Crippen molar-refractivity contribution in [2.75, 3.05) is 23.3 Å². The number of nitrogens with zero attached hydrogens (tertiary/aromatic N) is 4. The highest BCUT2D eigenvalue weighted by molar-refractivity contribution is 7.15. The molecule has 2 atom stereocenters. The molecule has 208 valence electrons. The summed E-state index contributed by atoms with van der Waals surface area (Å²) in [5, 5.41) is 21.1. The quantitative estimate of drug-likeness (QED) is 0.417. The third-order valence-electron chi connectivity index (χ3n) is 7.25. The van der Waals surface area contributed by atoms with E-state index in [0.717, 1.165) is 29.6 Å². The molecule has 1 saturated heterocycles. The normalized spacial score (nSPS) is 22.4. The minimum Gasteiger partial charge on any atom is -0.481 e. The first-order chi connectivity index (χ1) is 18.0. The Hall–Kier alpha value is -2.96. The second-order valence-electron chi connectivity index (χ2n) is 10.3. The fourth-order valence-corrected chi connectivity index (χ4v) is 6.19. The van der Waals surface area contributed by atoms with E-state index in [0.29, 0.717) is 30.2 Å². The maximum atomic E-state index is 11.9. The molecule has 13 heteroatoms. The lowest BCUT2D eigenvalue weighted by Gasteiger charge is -2.41. The lowest BCUT2D eigenvalue weighted by Crippen LogP contribution is -2.46. The summed E-state index contributed by atoms with van der Waals surface area (Å²) in [4.78, 5) is 38.2. The van der Waals surface area contributed by atoms with Gasteiger partial charge in [-0.15, -0.1) is 11.3 Å². The highest BCUT2D eigenvalue weighted by atomic mass is 32.1. The van der Waals surface area contributed by atoms with Gasteiger partial charge in [0.2, 0.25) is 5.95 Å². The maximum absolute atomic E-state index is 11.9. The Morgan fingerprint density at radius 1 is 1.05 bits per heavy atom. The Balaban J connectivity index is 0.000000426. The number of hydrogen-bond acceptors (Lipinski definition) is 8. The van der Waals surface area contributed by atoms with Gasteiger partial charge in [-0.1, -0.05) is 32.1 Å². The average Bonchev–Trinajstić information content (AvgIpc) is 3.62. The lowest BCUT2D eigenvalue weighted by atomic mass is 9.74. The number of anilines is 3. The number of thiazole rings is 1. The molecule has 5 rings (SSSR count). The number of halogens is 3. The molecule has 3 aliphatic rings. The second kappa shape index (κ2) is 11.8. The smallest absolute Gasteiger partial charge is 0.481 e. The van der Waals surface area contributed by atoms with E-state index in [-0.39, 0.29) is 5.92 Å². The van der Waals surface area contributed by atoms with Gasteiger partial charge in [-0.25, -0.2) is 14.8 Å². The minimum atomic E-state index is -5.08. The standard InChI is InChI=1S/C23H31N5O2S.C2HF3O2/c1-14-9-20(27-23-24-11-19(31-23)16-7-8-16)26-22(25-14)28-12-17(10-18(13-28)21(29)30)15-5-3-2-4-6-15;3-2(4,5)1(6)7/h9,11,15-18H,2-8,10,12-13H2,1H3,(H,29,30)(H,24,25,26,27);(H,6,7)/t17-,18+;/m1./s1. The van der Waals surface area contributed by atoms with Crippen LogP contribution in [0.25, 0.3) is 0 Å². The van der Waals surface area contributed by atoms with E-state index in [4.69, 9.17) is 14.9 Å². The van der Waals surface area contributed by atoms with Crippen LogP contribution in [0.1, 0.15) is 67.9 Å².